The Morgan fingerprint density at radius 1 is 1.26 bits per heavy atom. The average Bonchev–Trinajstić information content (AvgIpc) is 3.17. The predicted molar refractivity (Wildman–Crippen MR) is 139 cm³/mol. The van der Waals surface area contributed by atoms with Gasteiger partial charge in [0.25, 0.3) is 5.91 Å². The van der Waals surface area contributed by atoms with E-state index in [0.717, 1.165) is 25.0 Å². The third kappa shape index (κ3) is 7.87. The zero-order chi connectivity index (χ0) is 27.9. The number of hydrogen-bond acceptors (Lipinski definition) is 7. The lowest BCUT2D eigenvalue weighted by atomic mass is 10.1. The van der Waals surface area contributed by atoms with Crippen LogP contribution >= 0.6 is 0 Å². The number of allylic oxidation sites excluding steroid dienone is 2. The van der Waals surface area contributed by atoms with Gasteiger partial charge in [-0.2, -0.15) is 13.2 Å². The van der Waals surface area contributed by atoms with E-state index in [0.29, 0.717) is 37.2 Å². The fourth-order valence-electron chi connectivity index (χ4n) is 4.27. The van der Waals surface area contributed by atoms with Crippen LogP contribution in [0, 0.1) is 5.92 Å². The number of aryl methyl sites for hydroxylation is 1. The molecule has 3 rings (SSSR count). The normalized spacial score (nSPS) is 21.5. The first-order chi connectivity index (χ1) is 18.0. The summed E-state index contributed by atoms with van der Waals surface area (Å²) in [5, 5.41) is 23.3. The summed E-state index contributed by atoms with van der Waals surface area (Å²) in [6, 6.07) is 3.32. The van der Waals surface area contributed by atoms with E-state index < -0.39 is 36.6 Å². The molecule has 3 N–H and O–H groups in total. The molecule has 1 aromatic rings. The summed E-state index contributed by atoms with van der Waals surface area (Å²) in [6.07, 6.45) is 0.177. The molecule has 2 aliphatic rings. The molecule has 1 aromatic heterocycles. The second-order valence-corrected chi connectivity index (χ2v) is 9.80. The van der Waals surface area contributed by atoms with Crippen LogP contribution in [0.25, 0.3) is 0 Å². The van der Waals surface area contributed by atoms with Crippen molar-refractivity contribution in [3.8, 4) is 0 Å². The first kappa shape index (κ1) is 29.8. The molecule has 0 radical (unpaired) electrons. The van der Waals surface area contributed by atoms with E-state index in [2.05, 4.69) is 15.3 Å². The van der Waals surface area contributed by atoms with Crippen LogP contribution in [0.5, 0.6) is 0 Å². The van der Waals surface area contributed by atoms with E-state index in [9.17, 15) is 28.2 Å². The highest BCUT2D eigenvalue weighted by Gasteiger charge is 2.49. The zero-order valence-electron chi connectivity index (χ0n) is 22.0. The second-order valence-electron chi connectivity index (χ2n) is 9.80. The highest BCUT2D eigenvalue weighted by molar-refractivity contribution is 5.95. The molecule has 0 saturated carbocycles. The Morgan fingerprint density at radius 3 is 2.66 bits per heavy atom. The molecule has 1 aliphatic heterocycles. The number of carbonyl (C=O) groups excluding carboxylic acids is 1. The second kappa shape index (κ2) is 13.3. The van der Waals surface area contributed by atoms with E-state index in [-0.39, 0.29) is 11.8 Å². The van der Waals surface area contributed by atoms with Crippen LogP contribution in [0.1, 0.15) is 52.1 Å². The standard InChI is InChI=1S/C27H37F3N4O4/c1-4-34(26(37)21(35)17(2)3)15-9-12-19-13-14-20(16-31-19)32-24(36)22-23(27(28,29)30)33-25(38-22)18-10-7-5-6-8-11-18/h7,10-11,13-14,16-17,21-22,24-25,32,35-36H,4-6,8-9,12,15H2,1-3H3. The molecule has 210 valence electrons. The molecule has 2 heterocycles. The predicted octanol–water partition coefficient (Wildman–Crippen LogP) is 4.00. The minimum Gasteiger partial charge on any atom is -0.383 e. The highest BCUT2D eigenvalue weighted by atomic mass is 19.4. The van der Waals surface area contributed by atoms with Crippen LogP contribution in [0.15, 0.2) is 47.1 Å². The number of nitrogens with one attached hydrogen (secondary N) is 1. The highest BCUT2D eigenvalue weighted by Crippen LogP contribution is 2.32. The van der Waals surface area contributed by atoms with Crippen molar-refractivity contribution in [3.63, 3.8) is 0 Å². The van der Waals surface area contributed by atoms with Crippen LogP contribution in [0.4, 0.5) is 18.9 Å². The number of anilines is 1. The number of nitrogens with zero attached hydrogens (tertiary/aromatic N) is 3. The Hall–Kier alpha value is -2.76. The number of amides is 1. The Labute approximate surface area is 221 Å². The number of aliphatic imine (C=N–C) groups is 1. The molecule has 1 amide bonds. The van der Waals surface area contributed by atoms with Crippen molar-refractivity contribution in [1.82, 2.24) is 9.88 Å². The van der Waals surface area contributed by atoms with Crippen molar-refractivity contribution in [3.05, 3.63) is 47.8 Å². The fourth-order valence-corrected chi connectivity index (χ4v) is 4.27. The van der Waals surface area contributed by atoms with Gasteiger partial charge in [-0.25, -0.2) is 4.99 Å². The molecule has 8 nitrogen and oxygen atoms in total. The first-order valence-electron chi connectivity index (χ1n) is 13.0. The topological polar surface area (TPSA) is 107 Å². The van der Waals surface area contributed by atoms with Gasteiger partial charge in [0, 0.05) is 18.8 Å². The van der Waals surface area contributed by atoms with Crippen LogP contribution in [0.3, 0.4) is 0 Å². The maximum absolute atomic E-state index is 13.7. The van der Waals surface area contributed by atoms with Gasteiger partial charge >= 0.3 is 6.18 Å². The van der Waals surface area contributed by atoms with E-state index in [4.69, 9.17) is 4.74 Å². The van der Waals surface area contributed by atoms with Gasteiger partial charge < -0.3 is 25.2 Å². The number of pyridine rings is 1. The van der Waals surface area contributed by atoms with E-state index in [1.54, 1.807) is 37.0 Å². The van der Waals surface area contributed by atoms with Crippen molar-refractivity contribution in [2.24, 2.45) is 10.9 Å². The lowest BCUT2D eigenvalue weighted by molar-refractivity contribution is -0.142. The molecule has 4 unspecified atom stereocenters. The molecule has 11 heteroatoms. The molecule has 0 saturated heterocycles. The number of carbonyl (C=O) groups is 1. The van der Waals surface area contributed by atoms with Crippen molar-refractivity contribution in [2.75, 3.05) is 18.4 Å². The lowest BCUT2D eigenvalue weighted by Gasteiger charge is -2.25. The first-order valence-corrected chi connectivity index (χ1v) is 13.0. The summed E-state index contributed by atoms with van der Waals surface area (Å²) < 4.78 is 46.6. The number of halogens is 3. The summed E-state index contributed by atoms with van der Waals surface area (Å²) in [5.74, 6) is -0.466. The Bertz CT molecular complexity index is 1020. The van der Waals surface area contributed by atoms with Crippen LogP contribution in [-0.4, -0.2) is 75.6 Å². The number of ether oxygens (including phenoxy) is 1. The Morgan fingerprint density at radius 2 is 2.03 bits per heavy atom. The summed E-state index contributed by atoms with van der Waals surface area (Å²) in [5.41, 5.74) is 0.434. The Balaban J connectivity index is 1.57. The molecule has 0 aromatic carbocycles. The van der Waals surface area contributed by atoms with Gasteiger partial charge in [0.1, 0.15) is 6.10 Å². The average molecular weight is 539 g/mol. The minimum absolute atomic E-state index is 0.168. The molecule has 0 spiro atoms. The van der Waals surface area contributed by atoms with Gasteiger partial charge in [-0.15, -0.1) is 0 Å². The summed E-state index contributed by atoms with van der Waals surface area (Å²) in [4.78, 5) is 22.0. The summed E-state index contributed by atoms with van der Waals surface area (Å²) in [7, 11) is 0. The number of alkyl halides is 3. The van der Waals surface area contributed by atoms with E-state index >= 15 is 0 Å². The number of rotatable bonds is 11. The monoisotopic (exact) mass is 538 g/mol. The summed E-state index contributed by atoms with van der Waals surface area (Å²) in [6.45, 7) is 6.37. The van der Waals surface area contributed by atoms with E-state index in [1.165, 1.54) is 6.20 Å². The lowest BCUT2D eigenvalue weighted by Crippen LogP contribution is -2.44. The van der Waals surface area contributed by atoms with E-state index in [1.807, 2.05) is 19.1 Å². The van der Waals surface area contributed by atoms with Gasteiger partial charge in [-0.05, 0) is 62.7 Å². The fraction of sp³-hybridized carbons (Fsp3) is 0.593. The molecule has 38 heavy (non-hydrogen) atoms. The third-order valence-electron chi connectivity index (χ3n) is 6.51. The molecule has 0 bridgehead atoms. The number of hydrogen-bond donors (Lipinski definition) is 3. The minimum atomic E-state index is -4.75. The molecule has 1 aliphatic carbocycles. The quantitative estimate of drug-likeness (QED) is 0.368. The molecule has 4 atom stereocenters. The van der Waals surface area contributed by atoms with Gasteiger partial charge in [0.15, 0.2) is 24.3 Å². The number of aliphatic hydroxyl groups excluding tert-OH is 2. The van der Waals surface area contributed by atoms with Crippen molar-refractivity contribution in [1.29, 1.82) is 0 Å². The van der Waals surface area contributed by atoms with Crippen LogP contribution < -0.4 is 5.32 Å². The van der Waals surface area contributed by atoms with Crippen molar-refractivity contribution < 1.29 is 32.9 Å². The van der Waals surface area contributed by atoms with Crippen LogP contribution in [0.2, 0.25) is 0 Å². The largest absolute Gasteiger partial charge is 0.431 e. The Kier molecular flexibility index (Phi) is 10.5. The number of likely N-dealkylation sites (N-methyl/N-ethyl adjacent to an activating group) is 1. The van der Waals surface area contributed by atoms with Gasteiger partial charge in [-0.3, -0.25) is 9.78 Å². The zero-order valence-corrected chi connectivity index (χ0v) is 22.0. The van der Waals surface area contributed by atoms with Crippen molar-refractivity contribution in [2.45, 2.75) is 83.7 Å². The summed E-state index contributed by atoms with van der Waals surface area (Å²) >= 11 is 0. The van der Waals surface area contributed by atoms with Gasteiger partial charge in [-0.1, -0.05) is 32.1 Å². The third-order valence-corrected chi connectivity index (χ3v) is 6.51. The van der Waals surface area contributed by atoms with Gasteiger partial charge in [0.2, 0.25) is 0 Å². The number of aliphatic hydroxyl groups is 2. The SMILES string of the molecule is CCN(CCCc1ccc(NC(O)C2OC(C3=CCCCC=C3)N=C2C(F)(F)F)cn1)C(=O)C(O)C(C)C. The van der Waals surface area contributed by atoms with Crippen LogP contribution in [-0.2, 0) is 16.0 Å². The maximum Gasteiger partial charge on any atom is 0.431 e. The molecular formula is C27H37F3N4O4. The van der Waals surface area contributed by atoms with Crippen molar-refractivity contribution >= 4 is 17.3 Å². The molecular weight excluding hydrogens is 501 g/mol. The maximum atomic E-state index is 13.7. The smallest absolute Gasteiger partial charge is 0.383 e. The van der Waals surface area contributed by atoms with Gasteiger partial charge in [0.05, 0.1) is 11.9 Å². The number of aromatic nitrogens is 1. The molecule has 0 fully saturated rings.